The number of carbonyl (C=O) groups excluding carboxylic acids is 2. The quantitative estimate of drug-likeness (QED) is 0.683. The van der Waals surface area contributed by atoms with Crippen molar-refractivity contribution >= 4 is 11.8 Å². The molecule has 2 bridgehead atoms. The Balaban J connectivity index is 1.68. The smallest absolute Gasteiger partial charge is 0.258 e. The minimum atomic E-state index is -0.348. The van der Waals surface area contributed by atoms with E-state index < -0.39 is 0 Å². The van der Waals surface area contributed by atoms with Crippen LogP contribution >= 0.6 is 0 Å². The first-order valence-corrected chi connectivity index (χ1v) is 6.47. The molecule has 3 rings (SSSR count). The van der Waals surface area contributed by atoms with E-state index in [1.807, 2.05) is 0 Å². The van der Waals surface area contributed by atoms with Crippen LogP contribution in [0.3, 0.4) is 0 Å². The van der Waals surface area contributed by atoms with Gasteiger partial charge in [-0.3, -0.25) is 14.5 Å². The average molecular weight is 238 g/mol. The molecule has 17 heavy (non-hydrogen) atoms. The van der Waals surface area contributed by atoms with Crippen molar-refractivity contribution in [2.45, 2.75) is 37.9 Å². The van der Waals surface area contributed by atoms with E-state index in [1.165, 1.54) is 4.90 Å². The standard InChI is InChI=1S/C12H18N2O3/c15-11-9-1-2-10(17-9)12(16)14(11)7-8-3-5-13-6-4-8/h8-10,13H,1-7H2. The fourth-order valence-corrected chi connectivity index (χ4v) is 2.96. The third-order valence-corrected chi connectivity index (χ3v) is 4.00. The Hall–Kier alpha value is -0.940. The molecule has 1 N–H and O–H groups in total. The molecule has 0 aliphatic carbocycles. The van der Waals surface area contributed by atoms with E-state index in [4.69, 9.17) is 4.74 Å². The zero-order chi connectivity index (χ0) is 11.8. The van der Waals surface area contributed by atoms with Gasteiger partial charge in [-0.25, -0.2) is 0 Å². The largest absolute Gasteiger partial charge is 0.355 e. The number of piperidine rings is 1. The lowest BCUT2D eigenvalue weighted by Crippen LogP contribution is -2.53. The van der Waals surface area contributed by atoms with Gasteiger partial charge >= 0.3 is 0 Å². The zero-order valence-electron chi connectivity index (χ0n) is 9.85. The number of hydrogen-bond donors (Lipinski definition) is 1. The first kappa shape index (κ1) is 11.2. The third kappa shape index (κ3) is 1.98. The first-order valence-electron chi connectivity index (χ1n) is 6.47. The van der Waals surface area contributed by atoms with Crippen LogP contribution in [0.5, 0.6) is 0 Å². The van der Waals surface area contributed by atoms with Crippen molar-refractivity contribution in [3.05, 3.63) is 0 Å². The van der Waals surface area contributed by atoms with E-state index in [2.05, 4.69) is 5.32 Å². The Morgan fingerprint density at radius 2 is 1.65 bits per heavy atom. The van der Waals surface area contributed by atoms with Crippen LogP contribution in [0, 0.1) is 5.92 Å². The van der Waals surface area contributed by atoms with Gasteiger partial charge in [0.15, 0.2) is 0 Å². The fourth-order valence-electron chi connectivity index (χ4n) is 2.96. The third-order valence-electron chi connectivity index (χ3n) is 4.00. The molecule has 0 aromatic heterocycles. The van der Waals surface area contributed by atoms with Crippen molar-refractivity contribution in [2.75, 3.05) is 19.6 Å². The summed E-state index contributed by atoms with van der Waals surface area (Å²) in [6.45, 7) is 2.57. The van der Waals surface area contributed by atoms with Gasteiger partial charge in [-0.15, -0.1) is 0 Å². The number of rotatable bonds is 2. The normalized spacial score (nSPS) is 34.5. The summed E-state index contributed by atoms with van der Waals surface area (Å²) in [5.41, 5.74) is 0. The maximum atomic E-state index is 12.0. The molecule has 0 aromatic carbocycles. The minimum Gasteiger partial charge on any atom is -0.355 e. The topological polar surface area (TPSA) is 58.6 Å². The molecule has 3 saturated heterocycles. The molecular weight excluding hydrogens is 220 g/mol. The van der Waals surface area contributed by atoms with Crippen LogP contribution in [-0.4, -0.2) is 48.6 Å². The van der Waals surface area contributed by atoms with Gasteiger partial charge < -0.3 is 10.1 Å². The SMILES string of the molecule is O=C1C2CCC(O2)C(=O)N1CC1CCNCC1. The minimum absolute atomic E-state index is 0.109. The molecule has 94 valence electrons. The van der Waals surface area contributed by atoms with Crippen LogP contribution in [0.15, 0.2) is 0 Å². The number of nitrogens with one attached hydrogen (secondary N) is 1. The van der Waals surface area contributed by atoms with E-state index in [9.17, 15) is 9.59 Å². The van der Waals surface area contributed by atoms with E-state index in [0.29, 0.717) is 25.3 Å². The van der Waals surface area contributed by atoms with E-state index in [-0.39, 0.29) is 24.0 Å². The Bertz CT molecular complexity index is 317. The van der Waals surface area contributed by atoms with Crippen molar-refractivity contribution in [2.24, 2.45) is 5.92 Å². The number of ether oxygens (including phenoxy) is 1. The number of amides is 2. The summed E-state index contributed by atoms with van der Waals surface area (Å²) >= 11 is 0. The van der Waals surface area contributed by atoms with Gasteiger partial charge in [0.1, 0.15) is 12.2 Å². The Morgan fingerprint density at radius 1 is 1.06 bits per heavy atom. The molecule has 2 amide bonds. The summed E-state index contributed by atoms with van der Waals surface area (Å²) in [4.78, 5) is 25.5. The number of fused-ring (bicyclic) bond motifs is 2. The molecule has 2 atom stereocenters. The predicted molar refractivity (Wildman–Crippen MR) is 60.2 cm³/mol. The number of nitrogens with zero attached hydrogens (tertiary/aromatic N) is 1. The van der Waals surface area contributed by atoms with Crippen LogP contribution in [-0.2, 0) is 14.3 Å². The molecule has 5 heteroatoms. The summed E-state index contributed by atoms with van der Waals surface area (Å²) in [6, 6.07) is 0. The summed E-state index contributed by atoms with van der Waals surface area (Å²) < 4.78 is 5.39. The van der Waals surface area contributed by atoms with Gasteiger partial charge in [-0.1, -0.05) is 0 Å². The number of morpholine rings is 1. The molecule has 2 unspecified atom stereocenters. The lowest BCUT2D eigenvalue weighted by Gasteiger charge is -2.33. The molecule has 3 aliphatic heterocycles. The molecule has 0 radical (unpaired) electrons. The molecule has 3 fully saturated rings. The zero-order valence-corrected chi connectivity index (χ0v) is 9.85. The van der Waals surface area contributed by atoms with Crippen molar-refractivity contribution in [1.82, 2.24) is 10.2 Å². The Morgan fingerprint density at radius 3 is 2.24 bits per heavy atom. The Labute approximate surface area is 100 Å². The van der Waals surface area contributed by atoms with Crippen molar-refractivity contribution < 1.29 is 14.3 Å². The van der Waals surface area contributed by atoms with E-state index >= 15 is 0 Å². The number of hydrogen-bond acceptors (Lipinski definition) is 4. The molecule has 0 aromatic rings. The van der Waals surface area contributed by atoms with Gasteiger partial charge in [0.2, 0.25) is 0 Å². The second kappa shape index (κ2) is 4.38. The van der Waals surface area contributed by atoms with Crippen LogP contribution in [0.4, 0.5) is 0 Å². The molecular formula is C12H18N2O3. The molecule has 3 aliphatic rings. The second-order valence-electron chi connectivity index (χ2n) is 5.17. The van der Waals surface area contributed by atoms with Crippen molar-refractivity contribution in [3.63, 3.8) is 0 Å². The van der Waals surface area contributed by atoms with Gasteiger partial charge in [0.25, 0.3) is 11.8 Å². The van der Waals surface area contributed by atoms with Crippen LogP contribution in [0.25, 0.3) is 0 Å². The maximum Gasteiger partial charge on any atom is 0.258 e. The lowest BCUT2D eigenvalue weighted by atomic mass is 9.97. The van der Waals surface area contributed by atoms with Gasteiger partial charge in [-0.2, -0.15) is 0 Å². The molecule has 0 spiro atoms. The van der Waals surface area contributed by atoms with E-state index in [1.54, 1.807) is 0 Å². The highest BCUT2D eigenvalue weighted by Crippen LogP contribution is 2.29. The molecule has 5 nitrogen and oxygen atoms in total. The maximum absolute atomic E-state index is 12.0. The van der Waals surface area contributed by atoms with E-state index in [0.717, 1.165) is 25.9 Å². The highest BCUT2D eigenvalue weighted by atomic mass is 16.5. The lowest BCUT2D eigenvalue weighted by molar-refractivity contribution is -0.169. The number of likely N-dealkylation sites (tertiary alicyclic amines) is 1. The monoisotopic (exact) mass is 238 g/mol. The fraction of sp³-hybridized carbons (Fsp3) is 0.833. The summed E-state index contributed by atoms with van der Waals surface area (Å²) in [7, 11) is 0. The van der Waals surface area contributed by atoms with Crippen LogP contribution in [0.2, 0.25) is 0 Å². The number of imide groups is 1. The van der Waals surface area contributed by atoms with Gasteiger partial charge in [0.05, 0.1) is 0 Å². The summed E-state index contributed by atoms with van der Waals surface area (Å²) in [6.07, 6.45) is 2.81. The van der Waals surface area contributed by atoms with Crippen molar-refractivity contribution in [3.8, 4) is 0 Å². The van der Waals surface area contributed by atoms with Crippen LogP contribution in [0.1, 0.15) is 25.7 Å². The van der Waals surface area contributed by atoms with Crippen molar-refractivity contribution in [1.29, 1.82) is 0 Å². The average Bonchev–Trinajstić information content (AvgIpc) is 2.81. The van der Waals surface area contributed by atoms with Gasteiger partial charge in [-0.05, 0) is 44.7 Å². The van der Waals surface area contributed by atoms with Crippen LogP contribution < -0.4 is 5.32 Å². The molecule has 3 heterocycles. The highest BCUT2D eigenvalue weighted by Gasteiger charge is 2.46. The summed E-state index contributed by atoms with van der Waals surface area (Å²) in [5.74, 6) is 0.242. The second-order valence-corrected chi connectivity index (χ2v) is 5.17. The number of carbonyl (C=O) groups is 2. The van der Waals surface area contributed by atoms with Gasteiger partial charge in [0, 0.05) is 6.54 Å². The predicted octanol–water partition coefficient (Wildman–Crippen LogP) is -0.0976. The summed E-state index contributed by atoms with van der Waals surface area (Å²) in [5, 5.41) is 3.29. The Kier molecular flexibility index (Phi) is 2.88. The first-order chi connectivity index (χ1) is 8.25. The highest BCUT2D eigenvalue weighted by molar-refractivity contribution is 6.02. The molecule has 0 saturated carbocycles.